The van der Waals surface area contributed by atoms with Crippen molar-refractivity contribution in [2.75, 3.05) is 20.3 Å². The molecular weight excluding hydrogens is 412 g/mol. The number of nitrogens with one attached hydrogen (secondary N) is 1. The van der Waals surface area contributed by atoms with Crippen LogP contribution in [0.1, 0.15) is 31.9 Å². The van der Waals surface area contributed by atoms with Gasteiger partial charge in [0.15, 0.2) is 16.7 Å². The molecule has 0 aliphatic carbocycles. The first-order chi connectivity index (χ1) is 14.9. The molecule has 1 amide bonds. The van der Waals surface area contributed by atoms with Crippen LogP contribution in [0, 0.1) is 12.8 Å². The Hall–Kier alpha value is -2.93. The van der Waals surface area contributed by atoms with Crippen LogP contribution < -0.4 is 19.5 Å². The van der Waals surface area contributed by atoms with E-state index in [4.69, 9.17) is 14.2 Å². The molecule has 1 fully saturated rings. The quantitative estimate of drug-likeness (QED) is 0.562. The van der Waals surface area contributed by atoms with Gasteiger partial charge < -0.3 is 19.5 Å². The minimum atomic E-state index is -0.187. The molecule has 1 heterocycles. The van der Waals surface area contributed by atoms with Crippen LogP contribution in [0.3, 0.4) is 0 Å². The monoisotopic (exact) mass is 440 g/mol. The van der Waals surface area contributed by atoms with Gasteiger partial charge in [-0.1, -0.05) is 26.0 Å². The van der Waals surface area contributed by atoms with Gasteiger partial charge in [0.25, 0.3) is 5.91 Å². The number of nitrogens with zero attached hydrogens (tertiary/aromatic N) is 1. The second-order valence-electron chi connectivity index (χ2n) is 7.50. The molecule has 164 valence electrons. The van der Waals surface area contributed by atoms with Gasteiger partial charge in [0.05, 0.1) is 25.2 Å². The summed E-state index contributed by atoms with van der Waals surface area (Å²) in [7, 11) is 1.60. The van der Waals surface area contributed by atoms with Crippen LogP contribution in [0.15, 0.2) is 46.3 Å². The maximum atomic E-state index is 12.5. The third-order valence-electron chi connectivity index (χ3n) is 4.34. The van der Waals surface area contributed by atoms with Crippen molar-refractivity contribution < 1.29 is 19.0 Å². The van der Waals surface area contributed by atoms with E-state index in [9.17, 15) is 4.79 Å². The van der Waals surface area contributed by atoms with Crippen molar-refractivity contribution in [1.29, 1.82) is 0 Å². The molecule has 2 aromatic carbocycles. The summed E-state index contributed by atoms with van der Waals surface area (Å²) < 4.78 is 17.0. The summed E-state index contributed by atoms with van der Waals surface area (Å²) in [5.74, 6) is 2.26. The van der Waals surface area contributed by atoms with Crippen molar-refractivity contribution in [3.63, 3.8) is 0 Å². The summed E-state index contributed by atoms with van der Waals surface area (Å²) in [6, 6.07) is 11.4. The zero-order chi connectivity index (χ0) is 22.4. The Kier molecular flexibility index (Phi) is 7.63. The second-order valence-corrected chi connectivity index (χ2v) is 8.53. The highest BCUT2D eigenvalue weighted by Gasteiger charge is 2.24. The van der Waals surface area contributed by atoms with E-state index in [2.05, 4.69) is 24.2 Å². The van der Waals surface area contributed by atoms with Crippen LogP contribution in [-0.2, 0) is 4.79 Å². The summed E-state index contributed by atoms with van der Waals surface area (Å²) in [5.41, 5.74) is 2.60. The summed E-state index contributed by atoms with van der Waals surface area (Å²) in [6.07, 6.45) is 1.82. The number of amidine groups is 1. The number of thioether (sulfide) groups is 1. The molecular formula is C24H28N2O4S. The van der Waals surface area contributed by atoms with Gasteiger partial charge in [-0.3, -0.25) is 4.79 Å². The third kappa shape index (κ3) is 6.04. The maximum absolute atomic E-state index is 12.5. The van der Waals surface area contributed by atoms with Crippen molar-refractivity contribution in [1.82, 2.24) is 5.32 Å². The number of amides is 1. The number of ether oxygens (including phenoxy) is 3. The van der Waals surface area contributed by atoms with Crippen LogP contribution in [0.5, 0.6) is 17.2 Å². The Morgan fingerprint density at radius 2 is 1.87 bits per heavy atom. The molecule has 3 rings (SSSR count). The predicted molar refractivity (Wildman–Crippen MR) is 126 cm³/mol. The minimum Gasteiger partial charge on any atom is -0.494 e. The van der Waals surface area contributed by atoms with E-state index in [0.717, 1.165) is 11.1 Å². The molecule has 0 radical (unpaired) electrons. The normalized spacial score (nSPS) is 16.1. The molecule has 6 nitrogen and oxygen atoms in total. The first-order valence-corrected chi connectivity index (χ1v) is 11.0. The van der Waals surface area contributed by atoms with Gasteiger partial charge in [-0.2, -0.15) is 0 Å². The summed E-state index contributed by atoms with van der Waals surface area (Å²) in [4.78, 5) is 17.6. The van der Waals surface area contributed by atoms with E-state index in [-0.39, 0.29) is 5.91 Å². The zero-order valence-corrected chi connectivity index (χ0v) is 19.3. The lowest BCUT2D eigenvalue weighted by atomic mass is 10.2. The SMILES string of the molecule is CCOc1cc(/C=C2\SC(=Nc3cc(C)ccc3OC)NC2=O)ccc1OCC(C)C. The van der Waals surface area contributed by atoms with Gasteiger partial charge in [-0.25, -0.2) is 4.99 Å². The topological polar surface area (TPSA) is 69.2 Å². The van der Waals surface area contributed by atoms with Gasteiger partial charge in [-0.15, -0.1) is 0 Å². The molecule has 1 aliphatic heterocycles. The molecule has 31 heavy (non-hydrogen) atoms. The fraction of sp³-hybridized carbons (Fsp3) is 0.333. The van der Waals surface area contributed by atoms with Gasteiger partial charge in [0, 0.05) is 0 Å². The number of benzene rings is 2. The van der Waals surface area contributed by atoms with E-state index in [1.165, 1.54) is 11.8 Å². The van der Waals surface area contributed by atoms with E-state index in [1.807, 2.05) is 56.3 Å². The maximum Gasteiger partial charge on any atom is 0.264 e. The number of methoxy groups -OCH3 is 1. The lowest BCUT2D eigenvalue weighted by Gasteiger charge is -2.14. The average Bonchev–Trinajstić information content (AvgIpc) is 3.06. The van der Waals surface area contributed by atoms with Crippen molar-refractivity contribution in [2.45, 2.75) is 27.7 Å². The first-order valence-electron chi connectivity index (χ1n) is 10.2. The molecule has 2 aromatic rings. The minimum absolute atomic E-state index is 0.187. The highest BCUT2D eigenvalue weighted by molar-refractivity contribution is 8.18. The molecule has 0 aromatic heterocycles. The van der Waals surface area contributed by atoms with E-state index in [0.29, 0.717) is 52.1 Å². The molecule has 1 saturated heterocycles. The van der Waals surface area contributed by atoms with Gasteiger partial charge >= 0.3 is 0 Å². The largest absolute Gasteiger partial charge is 0.494 e. The molecule has 1 N–H and O–H groups in total. The van der Waals surface area contributed by atoms with E-state index in [1.54, 1.807) is 7.11 Å². The molecule has 1 aliphatic rings. The lowest BCUT2D eigenvalue weighted by Crippen LogP contribution is -2.19. The Morgan fingerprint density at radius 3 is 2.58 bits per heavy atom. The van der Waals surface area contributed by atoms with Crippen molar-refractivity contribution in [3.8, 4) is 17.2 Å². The molecule has 0 bridgehead atoms. The highest BCUT2D eigenvalue weighted by Crippen LogP contribution is 2.34. The number of carbonyl (C=O) groups excluding carboxylic acids is 1. The second kappa shape index (κ2) is 10.4. The lowest BCUT2D eigenvalue weighted by molar-refractivity contribution is -0.115. The van der Waals surface area contributed by atoms with Crippen molar-refractivity contribution in [2.24, 2.45) is 10.9 Å². The molecule has 0 atom stereocenters. The van der Waals surface area contributed by atoms with Crippen LogP contribution in [-0.4, -0.2) is 31.4 Å². The van der Waals surface area contributed by atoms with Crippen LogP contribution in [0.25, 0.3) is 6.08 Å². The summed E-state index contributed by atoms with van der Waals surface area (Å²) >= 11 is 1.29. The smallest absolute Gasteiger partial charge is 0.264 e. The number of aryl methyl sites for hydroxylation is 1. The third-order valence-corrected chi connectivity index (χ3v) is 5.25. The fourth-order valence-electron chi connectivity index (χ4n) is 2.89. The zero-order valence-electron chi connectivity index (χ0n) is 18.5. The van der Waals surface area contributed by atoms with E-state index >= 15 is 0 Å². The average molecular weight is 441 g/mol. The Bertz CT molecular complexity index is 1010. The number of hydrogen-bond acceptors (Lipinski definition) is 6. The van der Waals surface area contributed by atoms with Gasteiger partial charge in [0.1, 0.15) is 11.4 Å². The van der Waals surface area contributed by atoms with E-state index < -0.39 is 0 Å². The van der Waals surface area contributed by atoms with Crippen LogP contribution in [0.2, 0.25) is 0 Å². The Labute approximate surface area is 187 Å². The predicted octanol–water partition coefficient (Wildman–Crippen LogP) is 5.33. The van der Waals surface area contributed by atoms with Gasteiger partial charge in [0.2, 0.25) is 0 Å². The first kappa shape index (κ1) is 22.7. The summed E-state index contributed by atoms with van der Waals surface area (Å²) in [5, 5.41) is 3.34. The van der Waals surface area contributed by atoms with Crippen LogP contribution >= 0.6 is 11.8 Å². The number of hydrogen-bond donors (Lipinski definition) is 1. The number of rotatable bonds is 8. The molecule has 0 spiro atoms. The van der Waals surface area contributed by atoms with Crippen molar-refractivity contribution >= 4 is 34.6 Å². The number of carbonyl (C=O) groups is 1. The van der Waals surface area contributed by atoms with Crippen LogP contribution in [0.4, 0.5) is 5.69 Å². The van der Waals surface area contributed by atoms with Crippen molar-refractivity contribution in [3.05, 3.63) is 52.4 Å². The Balaban J connectivity index is 1.83. The standard InChI is InChI=1S/C24H28N2O4S/c1-6-29-21-12-17(8-10-20(21)30-14-15(2)3)13-22-23(27)26-24(31-22)25-18-11-16(4)7-9-19(18)28-5/h7-13,15H,6,14H2,1-5H3,(H,25,26,27)/b22-13-. The molecule has 0 saturated carbocycles. The molecule has 0 unspecified atom stereocenters. The Morgan fingerprint density at radius 1 is 1.10 bits per heavy atom. The number of aliphatic imine (C=N–C) groups is 1. The highest BCUT2D eigenvalue weighted by atomic mass is 32.2. The van der Waals surface area contributed by atoms with Gasteiger partial charge in [-0.05, 0) is 73.0 Å². The fourth-order valence-corrected chi connectivity index (χ4v) is 3.72. The summed E-state index contributed by atoms with van der Waals surface area (Å²) in [6.45, 7) is 9.25. The molecule has 7 heteroatoms.